The van der Waals surface area contributed by atoms with Crippen molar-refractivity contribution in [3.05, 3.63) is 47.7 Å². The van der Waals surface area contributed by atoms with Crippen LogP contribution < -0.4 is 9.80 Å². The lowest BCUT2D eigenvalue weighted by atomic mass is 10.1. The molecule has 1 saturated heterocycles. The highest BCUT2D eigenvalue weighted by Crippen LogP contribution is 2.21. The lowest BCUT2D eigenvalue weighted by molar-refractivity contribution is 0.0687. The number of rotatable bonds is 4. The fraction of sp³-hybridized carbons (Fsp3) is 0.333. The second kappa shape index (κ2) is 7.38. The van der Waals surface area contributed by atoms with E-state index in [1.807, 2.05) is 53.1 Å². The number of anilines is 2. The molecule has 136 valence electrons. The number of benzene rings is 1. The van der Waals surface area contributed by atoms with Crippen LogP contribution in [0, 0.1) is 0 Å². The highest BCUT2D eigenvalue weighted by atomic mass is 16.4. The summed E-state index contributed by atoms with van der Waals surface area (Å²) in [6, 6.07) is 10.7. The SMILES string of the molecule is CN(C)c1ccccc1C(=O)N1CCN(c2ccc(C(=O)O)nn2)CC1. The Kier molecular flexibility index (Phi) is 5.01. The number of para-hydroxylation sites is 1. The van der Waals surface area contributed by atoms with E-state index in [1.54, 1.807) is 6.07 Å². The lowest BCUT2D eigenvalue weighted by Gasteiger charge is -2.35. The number of aromatic carboxylic acids is 1. The van der Waals surface area contributed by atoms with Crippen molar-refractivity contribution in [2.75, 3.05) is 50.1 Å². The van der Waals surface area contributed by atoms with Crippen molar-refractivity contribution in [3.8, 4) is 0 Å². The van der Waals surface area contributed by atoms with E-state index in [9.17, 15) is 9.59 Å². The standard InChI is InChI=1S/C18H21N5O3/c1-21(2)15-6-4-3-5-13(15)17(24)23-11-9-22(10-12-23)16-8-7-14(18(25)26)19-20-16/h3-8H,9-12H2,1-2H3,(H,25,26). The fourth-order valence-electron chi connectivity index (χ4n) is 2.96. The van der Waals surface area contributed by atoms with Crippen LogP contribution in [0.15, 0.2) is 36.4 Å². The molecule has 1 aliphatic rings. The molecular weight excluding hydrogens is 334 g/mol. The number of nitrogens with zero attached hydrogens (tertiary/aromatic N) is 5. The van der Waals surface area contributed by atoms with Gasteiger partial charge >= 0.3 is 5.97 Å². The first-order valence-electron chi connectivity index (χ1n) is 8.35. The van der Waals surface area contributed by atoms with Crippen molar-refractivity contribution >= 4 is 23.4 Å². The summed E-state index contributed by atoms with van der Waals surface area (Å²) >= 11 is 0. The Hall–Kier alpha value is -3.16. The van der Waals surface area contributed by atoms with Gasteiger partial charge in [0.2, 0.25) is 0 Å². The van der Waals surface area contributed by atoms with Gasteiger partial charge < -0.3 is 19.8 Å². The molecule has 1 fully saturated rings. The molecular formula is C18H21N5O3. The van der Waals surface area contributed by atoms with Crippen LogP contribution in [-0.4, -0.2) is 72.4 Å². The second-order valence-corrected chi connectivity index (χ2v) is 6.27. The third-order valence-corrected chi connectivity index (χ3v) is 4.38. The minimum atomic E-state index is -1.10. The first kappa shape index (κ1) is 17.7. The van der Waals surface area contributed by atoms with Crippen molar-refractivity contribution in [1.82, 2.24) is 15.1 Å². The van der Waals surface area contributed by atoms with Crippen molar-refractivity contribution in [1.29, 1.82) is 0 Å². The number of piperazine rings is 1. The van der Waals surface area contributed by atoms with E-state index >= 15 is 0 Å². The molecule has 8 nitrogen and oxygen atoms in total. The van der Waals surface area contributed by atoms with Gasteiger partial charge in [-0.2, -0.15) is 0 Å². The molecule has 0 atom stereocenters. The molecule has 0 radical (unpaired) electrons. The Bertz CT molecular complexity index is 799. The van der Waals surface area contributed by atoms with Gasteiger partial charge in [0.25, 0.3) is 5.91 Å². The van der Waals surface area contributed by atoms with E-state index < -0.39 is 5.97 Å². The third-order valence-electron chi connectivity index (χ3n) is 4.38. The smallest absolute Gasteiger partial charge is 0.356 e. The molecule has 2 heterocycles. The minimum Gasteiger partial charge on any atom is -0.476 e. The number of carbonyl (C=O) groups is 2. The minimum absolute atomic E-state index is 0.0151. The predicted molar refractivity (Wildman–Crippen MR) is 97.9 cm³/mol. The van der Waals surface area contributed by atoms with Crippen LogP contribution in [0.3, 0.4) is 0 Å². The van der Waals surface area contributed by atoms with Crippen LogP contribution in [0.5, 0.6) is 0 Å². The summed E-state index contributed by atoms with van der Waals surface area (Å²) in [5.74, 6) is -0.462. The molecule has 8 heteroatoms. The molecule has 1 aromatic heterocycles. The van der Waals surface area contributed by atoms with E-state index in [0.29, 0.717) is 37.6 Å². The molecule has 0 saturated carbocycles. The zero-order valence-corrected chi connectivity index (χ0v) is 14.8. The third kappa shape index (κ3) is 3.58. The molecule has 1 N–H and O–H groups in total. The molecule has 1 amide bonds. The van der Waals surface area contributed by atoms with Crippen molar-refractivity contribution in [2.24, 2.45) is 0 Å². The Labute approximate surface area is 151 Å². The number of carbonyl (C=O) groups excluding carboxylic acids is 1. The van der Waals surface area contributed by atoms with Gasteiger partial charge in [-0.3, -0.25) is 4.79 Å². The highest BCUT2D eigenvalue weighted by molar-refractivity contribution is 5.99. The molecule has 0 spiro atoms. The Balaban J connectivity index is 1.67. The fourth-order valence-corrected chi connectivity index (χ4v) is 2.96. The number of amides is 1. The molecule has 3 rings (SSSR count). The average Bonchev–Trinajstić information content (AvgIpc) is 2.67. The molecule has 0 unspecified atom stereocenters. The van der Waals surface area contributed by atoms with Gasteiger partial charge in [-0.25, -0.2) is 4.79 Å². The number of carboxylic acid groups (broad SMARTS) is 1. The molecule has 1 aliphatic heterocycles. The lowest BCUT2D eigenvalue weighted by Crippen LogP contribution is -2.49. The number of hydrogen-bond donors (Lipinski definition) is 1. The van der Waals surface area contributed by atoms with Gasteiger partial charge in [0.1, 0.15) is 0 Å². The van der Waals surface area contributed by atoms with Gasteiger partial charge in [0.05, 0.1) is 5.56 Å². The van der Waals surface area contributed by atoms with Crippen molar-refractivity contribution < 1.29 is 14.7 Å². The Morgan fingerprint density at radius 3 is 2.27 bits per heavy atom. The summed E-state index contributed by atoms with van der Waals surface area (Å²) < 4.78 is 0. The second-order valence-electron chi connectivity index (χ2n) is 6.27. The molecule has 26 heavy (non-hydrogen) atoms. The van der Waals surface area contributed by atoms with Crippen LogP contribution in [-0.2, 0) is 0 Å². The number of carboxylic acids is 1. The van der Waals surface area contributed by atoms with E-state index in [-0.39, 0.29) is 11.6 Å². The van der Waals surface area contributed by atoms with Crippen molar-refractivity contribution in [3.63, 3.8) is 0 Å². The summed E-state index contributed by atoms with van der Waals surface area (Å²) in [6.45, 7) is 2.39. The van der Waals surface area contributed by atoms with Gasteiger partial charge in [-0.15, -0.1) is 10.2 Å². The molecule has 1 aromatic carbocycles. The van der Waals surface area contributed by atoms with E-state index in [4.69, 9.17) is 5.11 Å². The monoisotopic (exact) mass is 355 g/mol. The van der Waals surface area contributed by atoms with Crippen LogP contribution in [0.1, 0.15) is 20.8 Å². The predicted octanol–water partition coefficient (Wildman–Crippen LogP) is 1.20. The Morgan fingerprint density at radius 2 is 1.69 bits per heavy atom. The largest absolute Gasteiger partial charge is 0.476 e. The number of aromatic nitrogens is 2. The van der Waals surface area contributed by atoms with Crippen LogP contribution in [0.4, 0.5) is 11.5 Å². The quantitative estimate of drug-likeness (QED) is 0.881. The maximum Gasteiger partial charge on any atom is 0.356 e. The maximum atomic E-state index is 12.9. The summed E-state index contributed by atoms with van der Waals surface area (Å²) in [6.07, 6.45) is 0. The first-order valence-corrected chi connectivity index (χ1v) is 8.35. The van der Waals surface area contributed by atoms with Gasteiger partial charge in [0, 0.05) is 46.0 Å². The van der Waals surface area contributed by atoms with E-state index in [2.05, 4.69) is 10.2 Å². The van der Waals surface area contributed by atoms with Crippen LogP contribution in [0.2, 0.25) is 0 Å². The normalized spacial score (nSPS) is 14.2. The van der Waals surface area contributed by atoms with E-state index in [1.165, 1.54) is 6.07 Å². The summed E-state index contributed by atoms with van der Waals surface area (Å²) in [5, 5.41) is 16.6. The molecule has 2 aromatic rings. The summed E-state index contributed by atoms with van der Waals surface area (Å²) in [7, 11) is 3.84. The maximum absolute atomic E-state index is 12.9. The molecule has 0 aliphatic carbocycles. The van der Waals surface area contributed by atoms with E-state index in [0.717, 1.165) is 5.69 Å². The number of hydrogen-bond acceptors (Lipinski definition) is 6. The molecule has 0 bridgehead atoms. The highest BCUT2D eigenvalue weighted by Gasteiger charge is 2.25. The van der Waals surface area contributed by atoms with Gasteiger partial charge in [-0.05, 0) is 24.3 Å². The van der Waals surface area contributed by atoms with Crippen LogP contribution in [0.25, 0.3) is 0 Å². The van der Waals surface area contributed by atoms with Gasteiger partial charge in [0.15, 0.2) is 11.5 Å². The first-order chi connectivity index (χ1) is 12.5. The zero-order valence-electron chi connectivity index (χ0n) is 14.8. The van der Waals surface area contributed by atoms with Gasteiger partial charge in [-0.1, -0.05) is 12.1 Å². The summed E-state index contributed by atoms with van der Waals surface area (Å²) in [4.78, 5) is 29.5. The Morgan fingerprint density at radius 1 is 1.00 bits per heavy atom. The summed E-state index contributed by atoms with van der Waals surface area (Å²) in [5.41, 5.74) is 1.51. The topological polar surface area (TPSA) is 89.9 Å². The van der Waals surface area contributed by atoms with Crippen LogP contribution >= 0.6 is 0 Å². The average molecular weight is 355 g/mol. The zero-order chi connectivity index (χ0) is 18.7. The van der Waals surface area contributed by atoms with Crippen molar-refractivity contribution in [2.45, 2.75) is 0 Å².